The summed E-state index contributed by atoms with van der Waals surface area (Å²) in [6.07, 6.45) is 2.68. The Labute approximate surface area is 119 Å². The fraction of sp³-hybridized carbons (Fsp3) is 0.571. The van der Waals surface area contributed by atoms with Crippen LogP contribution >= 0.6 is 23.2 Å². The van der Waals surface area contributed by atoms with Crippen molar-refractivity contribution in [3.63, 3.8) is 0 Å². The number of anilines is 1. The molecule has 0 atom stereocenters. The van der Waals surface area contributed by atoms with Crippen molar-refractivity contribution in [2.45, 2.75) is 18.7 Å². The average molecular weight is 287 g/mol. The third kappa shape index (κ3) is 3.53. The van der Waals surface area contributed by atoms with Crippen molar-refractivity contribution in [3.05, 3.63) is 28.8 Å². The Morgan fingerprint density at radius 3 is 2.61 bits per heavy atom. The standard InChI is InChI=1S/C14H20Cl2N2/c1-17(8-9-18-6-2-3-7-18)14-5-4-12(11-15)10-13(14)16/h4-5,10H,2-3,6-9,11H2,1H3. The Morgan fingerprint density at radius 1 is 1.28 bits per heavy atom. The zero-order chi connectivity index (χ0) is 13.0. The highest BCUT2D eigenvalue weighted by Crippen LogP contribution is 2.26. The van der Waals surface area contributed by atoms with Crippen LogP contribution in [0.15, 0.2) is 18.2 Å². The second-order valence-corrected chi connectivity index (χ2v) is 5.56. The zero-order valence-corrected chi connectivity index (χ0v) is 12.3. The molecule has 1 fully saturated rings. The van der Waals surface area contributed by atoms with Gasteiger partial charge < -0.3 is 9.80 Å². The van der Waals surface area contributed by atoms with Gasteiger partial charge in [0, 0.05) is 26.0 Å². The first-order valence-corrected chi connectivity index (χ1v) is 7.40. The molecule has 18 heavy (non-hydrogen) atoms. The van der Waals surface area contributed by atoms with Gasteiger partial charge in [-0.05, 0) is 43.6 Å². The largest absolute Gasteiger partial charge is 0.372 e. The molecule has 0 bridgehead atoms. The molecule has 0 unspecified atom stereocenters. The molecule has 1 aliphatic heterocycles. The van der Waals surface area contributed by atoms with Gasteiger partial charge in [0.25, 0.3) is 0 Å². The molecule has 0 aliphatic carbocycles. The van der Waals surface area contributed by atoms with E-state index in [0.717, 1.165) is 29.4 Å². The van der Waals surface area contributed by atoms with Crippen LogP contribution in [0.5, 0.6) is 0 Å². The molecule has 1 heterocycles. The van der Waals surface area contributed by atoms with Gasteiger partial charge in [0.15, 0.2) is 0 Å². The molecule has 1 aromatic rings. The molecule has 2 rings (SSSR count). The van der Waals surface area contributed by atoms with Gasteiger partial charge in [-0.2, -0.15) is 0 Å². The minimum atomic E-state index is 0.511. The van der Waals surface area contributed by atoms with Gasteiger partial charge in [-0.15, -0.1) is 11.6 Å². The van der Waals surface area contributed by atoms with Crippen molar-refractivity contribution in [2.24, 2.45) is 0 Å². The molecular weight excluding hydrogens is 267 g/mol. The van der Waals surface area contributed by atoms with Crippen molar-refractivity contribution in [1.29, 1.82) is 0 Å². The predicted molar refractivity (Wildman–Crippen MR) is 80.0 cm³/mol. The lowest BCUT2D eigenvalue weighted by Gasteiger charge is -2.24. The van der Waals surface area contributed by atoms with E-state index in [1.54, 1.807) is 0 Å². The van der Waals surface area contributed by atoms with Crippen LogP contribution in [0.3, 0.4) is 0 Å². The third-order valence-corrected chi connectivity index (χ3v) is 4.14. The number of benzene rings is 1. The van der Waals surface area contributed by atoms with Gasteiger partial charge in [-0.3, -0.25) is 0 Å². The van der Waals surface area contributed by atoms with E-state index in [1.807, 2.05) is 12.1 Å². The molecule has 100 valence electrons. The third-order valence-electron chi connectivity index (χ3n) is 3.53. The summed E-state index contributed by atoms with van der Waals surface area (Å²) in [4.78, 5) is 4.73. The average Bonchev–Trinajstić information content (AvgIpc) is 2.88. The second-order valence-electron chi connectivity index (χ2n) is 4.89. The molecule has 1 aromatic carbocycles. The fourth-order valence-corrected chi connectivity index (χ4v) is 2.87. The van der Waals surface area contributed by atoms with Crippen molar-refractivity contribution < 1.29 is 0 Å². The summed E-state index contributed by atoms with van der Waals surface area (Å²) >= 11 is 12.1. The molecular formula is C14H20Cl2N2. The minimum absolute atomic E-state index is 0.511. The van der Waals surface area contributed by atoms with Crippen LogP contribution in [0.25, 0.3) is 0 Å². The van der Waals surface area contributed by atoms with Crippen molar-refractivity contribution in [1.82, 2.24) is 4.90 Å². The molecule has 0 saturated carbocycles. The van der Waals surface area contributed by atoms with Gasteiger partial charge in [0.1, 0.15) is 0 Å². The lowest BCUT2D eigenvalue weighted by atomic mass is 10.2. The molecule has 1 saturated heterocycles. The van der Waals surface area contributed by atoms with E-state index in [-0.39, 0.29) is 0 Å². The fourth-order valence-electron chi connectivity index (χ4n) is 2.36. The highest BCUT2D eigenvalue weighted by atomic mass is 35.5. The SMILES string of the molecule is CN(CCN1CCCC1)c1ccc(CCl)cc1Cl. The van der Waals surface area contributed by atoms with Crippen LogP contribution in [0.2, 0.25) is 5.02 Å². The summed E-state index contributed by atoms with van der Waals surface area (Å²) < 4.78 is 0. The molecule has 4 heteroatoms. The summed E-state index contributed by atoms with van der Waals surface area (Å²) in [5.41, 5.74) is 2.16. The predicted octanol–water partition coefficient (Wildman–Crippen LogP) is 3.61. The lowest BCUT2D eigenvalue weighted by Crippen LogP contribution is -2.31. The number of likely N-dealkylation sites (N-methyl/N-ethyl adjacent to an activating group) is 1. The minimum Gasteiger partial charge on any atom is -0.372 e. The Hall–Kier alpha value is -0.440. The van der Waals surface area contributed by atoms with Crippen LogP contribution in [0, 0.1) is 0 Å². The molecule has 0 spiro atoms. The van der Waals surface area contributed by atoms with Gasteiger partial charge >= 0.3 is 0 Å². The highest BCUT2D eigenvalue weighted by molar-refractivity contribution is 6.33. The normalized spacial score (nSPS) is 16.2. The maximum Gasteiger partial charge on any atom is 0.0642 e. The van der Waals surface area contributed by atoms with E-state index >= 15 is 0 Å². The Bertz CT molecular complexity index is 389. The quantitative estimate of drug-likeness (QED) is 0.763. The van der Waals surface area contributed by atoms with Crippen LogP contribution in [0.1, 0.15) is 18.4 Å². The van der Waals surface area contributed by atoms with E-state index in [4.69, 9.17) is 23.2 Å². The van der Waals surface area contributed by atoms with Gasteiger partial charge in [-0.1, -0.05) is 17.7 Å². The molecule has 0 amide bonds. The summed E-state index contributed by atoms with van der Waals surface area (Å²) in [5, 5.41) is 0.789. The molecule has 0 radical (unpaired) electrons. The van der Waals surface area contributed by atoms with E-state index in [2.05, 4.69) is 22.9 Å². The van der Waals surface area contributed by atoms with Crippen LogP contribution < -0.4 is 4.90 Å². The zero-order valence-electron chi connectivity index (χ0n) is 10.8. The summed E-state index contributed by atoms with van der Waals surface area (Å²) in [7, 11) is 2.09. The summed E-state index contributed by atoms with van der Waals surface area (Å²) in [6.45, 7) is 4.61. The number of halogens is 2. The van der Waals surface area contributed by atoms with Crippen molar-refractivity contribution >= 4 is 28.9 Å². The first-order chi connectivity index (χ1) is 8.70. The number of hydrogen-bond donors (Lipinski definition) is 0. The molecule has 0 aromatic heterocycles. The Morgan fingerprint density at radius 2 is 2.00 bits per heavy atom. The topological polar surface area (TPSA) is 6.48 Å². The van der Waals surface area contributed by atoms with E-state index < -0.39 is 0 Å². The van der Waals surface area contributed by atoms with E-state index in [9.17, 15) is 0 Å². The first-order valence-electron chi connectivity index (χ1n) is 6.48. The molecule has 0 N–H and O–H groups in total. The number of rotatable bonds is 5. The maximum absolute atomic E-state index is 6.28. The van der Waals surface area contributed by atoms with Gasteiger partial charge in [0.2, 0.25) is 0 Å². The van der Waals surface area contributed by atoms with E-state index in [1.165, 1.54) is 25.9 Å². The molecule has 2 nitrogen and oxygen atoms in total. The second kappa shape index (κ2) is 6.65. The van der Waals surface area contributed by atoms with Gasteiger partial charge in [0.05, 0.1) is 10.7 Å². The van der Waals surface area contributed by atoms with Crippen molar-refractivity contribution in [3.8, 4) is 0 Å². The Balaban J connectivity index is 1.93. The summed E-state index contributed by atoms with van der Waals surface area (Å²) in [5.74, 6) is 0.511. The number of nitrogens with zero attached hydrogens (tertiary/aromatic N) is 2. The highest BCUT2D eigenvalue weighted by Gasteiger charge is 2.13. The van der Waals surface area contributed by atoms with Gasteiger partial charge in [-0.25, -0.2) is 0 Å². The van der Waals surface area contributed by atoms with Crippen LogP contribution in [-0.4, -0.2) is 38.1 Å². The van der Waals surface area contributed by atoms with E-state index in [0.29, 0.717) is 5.88 Å². The monoisotopic (exact) mass is 286 g/mol. The van der Waals surface area contributed by atoms with Crippen LogP contribution in [-0.2, 0) is 5.88 Å². The van der Waals surface area contributed by atoms with Crippen molar-refractivity contribution in [2.75, 3.05) is 38.1 Å². The molecule has 1 aliphatic rings. The first kappa shape index (κ1) is 14.0. The lowest BCUT2D eigenvalue weighted by molar-refractivity contribution is 0.346. The smallest absolute Gasteiger partial charge is 0.0642 e. The number of likely N-dealkylation sites (tertiary alicyclic amines) is 1. The van der Waals surface area contributed by atoms with Crippen LogP contribution in [0.4, 0.5) is 5.69 Å². The Kier molecular flexibility index (Phi) is 5.16. The number of alkyl halides is 1. The summed E-state index contributed by atoms with van der Waals surface area (Å²) in [6, 6.07) is 6.06. The maximum atomic E-state index is 6.28. The number of hydrogen-bond acceptors (Lipinski definition) is 2.